The van der Waals surface area contributed by atoms with Gasteiger partial charge in [0.1, 0.15) is 0 Å². The SMILES string of the molecule is CC(C)C(=O)C(F)(F)O[PH](=O)O. The van der Waals surface area contributed by atoms with E-state index in [1.807, 2.05) is 0 Å². The van der Waals surface area contributed by atoms with E-state index >= 15 is 0 Å². The number of ketones is 1. The first-order valence-electron chi connectivity index (χ1n) is 3.11. The van der Waals surface area contributed by atoms with Crippen molar-refractivity contribution in [2.24, 2.45) is 5.92 Å². The van der Waals surface area contributed by atoms with Gasteiger partial charge in [-0.25, -0.2) is 4.52 Å². The number of Topliss-reactive ketones (excluding diaryl/α,β-unsaturated/α-hetero) is 1. The van der Waals surface area contributed by atoms with Crippen molar-refractivity contribution in [3.05, 3.63) is 0 Å². The van der Waals surface area contributed by atoms with Gasteiger partial charge in [0, 0.05) is 5.92 Å². The Hall–Kier alpha value is -0.320. The van der Waals surface area contributed by atoms with E-state index in [4.69, 9.17) is 4.89 Å². The Morgan fingerprint density at radius 3 is 2.25 bits per heavy atom. The molecule has 7 heteroatoms. The van der Waals surface area contributed by atoms with Gasteiger partial charge in [-0.15, -0.1) is 0 Å². The molecule has 0 saturated heterocycles. The van der Waals surface area contributed by atoms with Crippen LogP contribution in [0.4, 0.5) is 8.78 Å². The lowest BCUT2D eigenvalue weighted by molar-refractivity contribution is -0.193. The molecule has 0 saturated carbocycles. The molecule has 0 aliphatic rings. The number of carbonyl (C=O) groups excluding carboxylic acids is 1. The molecule has 0 heterocycles. The van der Waals surface area contributed by atoms with Crippen LogP contribution in [0.3, 0.4) is 0 Å². The quantitative estimate of drug-likeness (QED) is 0.695. The third-order valence-corrected chi connectivity index (χ3v) is 1.46. The van der Waals surface area contributed by atoms with Crippen LogP contribution < -0.4 is 0 Å². The van der Waals surface area contributed by atoms with E-state index in [0.29, 0.717) is 0 Å². The lowest BCUT2D eigenvalue weighted by atomic mass is 10.1. The molecule has 1 atom stereocenters. The number of hydrogen-bond donors (Lipinski definition) is 1. The van der Waals surface area contributed by atoms with E-state index in [9.17, 15) is 18.1 Å². The molecule has 0 spiro atoms. The van der Waals surface area contributed by atoms with Crippen LogP contribution in [-0.2, 0) is 13.9 Å². The van der Waals surface area contributed by atoms with Gasteiger partial charge in [-0.1, -0.05) is 13.8 Å². The molecule has 1 N–H and O–H groups in total. The van der Waals surface area contributed by atoms with Crippen molar-refractivity contribution in [3.63, 3.8) is 0 Å². The molecule has 12 heavy (non-hydrogen) atoms. The van der Waals surface area contributed by atoms with Crippen LogP contribution in [0.5, 0.6) is 0 Å². The monoisotopic (exact) mass is 202 g/mol. The van der Waals surface area contributed by atoms with Crippen LogP contribution in [0.1, 0.15) is 13.8 Å². The molecule has 0 rings (SSSR count). The van der Waals surface area contributed by atoms with Gasteiger partial charge >= 0.3 is 14.4 Å². The van der Waals surface area contributed by atoms with Gasteiger partial charge in [0.2, 0.25) is 5.78 Å². The maximum Gasteiger partial charge on any atom is 0.423 e. The molecule has 0 aromatic carbocycles. The highest BCUT2D eigenvalue weighted by molar-refractivity contribution is 7.32. The largest absolute Gasteiger partial charge is 0.423 e. The van der Waals surface area contributed by atoms with Crippen LogP contribution in [0.25, 0.3) is 0 Å². The lowest BCUT2D eigenvalue weighted by Gasteiger charge is -2.14. The topological polar surface area (TPSA) is 63.6 Å². The Bertz CT molecular complexity index is 204. The van der Waals surface area contributed by atoms with Gasteiger partial charge in [0.15, 0.2) is 0 Å². The fraction of sp³-hybridized carbons (Fsp3) is 0.800. The third kappa shape index (κ3) is 3.38. The Labute approximate surface area is 68.5 Å². The highest BCUT2D eigenvalue weighted by Crippen LogP contribution is 2.31. The van der Waals surface area contributed by atoms with Crippen molar-refractivity contribution >= 4 is 14.0 Å². The normalized spacial score (nSPS) is 14.8. The molecule has 0 bridgehead atoms. The van der Waals surface area contributed by atoms with Crippen molar-refractivity contribution in [2.45, 2.75) is 20.0 Å². The Morgan fingerprint density at radius 1 is 1.58 bits per heavy atom. The Kier molecular flexibility index (Phi) is 3.96. The smallest absolute Gasteiger partial charge is 0.326 e. The van der Waals surface area contributed by atoms with Crippen LogP contribution in [0.2, 0.25) is 0 Å². The minimum atomic E-state index is -4.15. The van der Waals surface area contributed by atoms with Crippen molar-refractivity contribution in [3.8, 4) is 0 Å². The molecule has 0 aliphatic carbocycles. The molecule has 0 amide bonds. The van der Waals surface area contributed by atoms with Gasteiger partial charge in [-0.3, -0.25) is 9.36 Å². The molecule has 0 aliphatic heterocycles. The third-order valence-electron chi connectivity index (χ3n) is 1.03. The van der Waals surface area contributed by atoms with Crippen molar-refractivity contribution in [1.82, 2.24) is 0 Å². The number of hydrogen-bond acceptors (Lipinski definition) is 3. The summed E-state index contributed by atoms with van der Waals surface area (Å²) in [5.74, 6) is -2.45. The van der Waals surface area contributed by atoms with Gasteiger partial charge in [-0.2, -0.15) is 8.78 Å². The van der Waals surface area contributed by atoms with Crippen LogP contribution in [0, 0.1) is 5.92 Å². The summed E-state index contributed by atoms with van der Waals surface area (Å²) in [6.45, 7) is 2.49. The molecule has 0 radical (unpaired) electrons. The molecule has 0 aromatic heterocycles. The first kappa shape index (κ1) is 11.7. The highest BCUT2D eigenvalue weighted by atomic mass is 31.1. The fourth-order valence-electron chi connectivity index (χ4n) is 0.496. The maximum absolute atomic E-state index is 12.4. The number of halogens is 2. The van der Waals surface area contributed by atoms with Gasteiger partial charge in [-0.05, 0) is 0 Å². The lowest BCUT2D eigenvalue weighted by Crippen LogP contribution is -2.33. The number of rotatable bonds is 4. The molecular formula is C5H9F2O4P. The Balaban J connectivity index is 4.39. The van der Waals surface area contributed by atoms with Crippen molar-refractivity contribution in [1.29, 1.82) is 0 Å². The zero-order valence-electron chi connectivity index (χ0n) is 6.51. The van der Waals surface area contributed by atoms with Gasteiger partial charge < -0.3 is 4.89 Å². The Morgan fingerprint density at radius 2 is 2.00 bits per heavy atom. The summed E-state index contributed by atoms with van der Waals surface area (Å²) in [6.07, 6.45) is -4.15. The highest BCUT2D eigenvalue weighted by Gasteiger charge is 2.43. The maximum atomic E-state index is 12.4. The average Bonchev–Trinajstić information content (AvgIpc) is 1.82. The van der Waals surface area contributed by atoms with E-state index in [1.165, 1.54) is 13.8 Å². The number of carbonyl (C=O) groups is 1. The van der Waals surface area contributed by atoms with Crippen LogP contribution in [0.15, 0.2) is 0 Å². The molecule has 0 fully saturated rings. The summed E-state index contributed by atoms with van der Waals surface area (Å²) in [4.78, 5) is 18.6. The molecular weight excluding hydrogens is 193 g/mol. The second-order valence-corrected chi connectivity index (χ2v) is 3.14. The number of alkyl halides is 2. The van der Waals surface area contributed by atoms with E-state index < -0.39 is 26.1 Å². The minimum Gasteiger partial charge on any atom is -0.326 e. The predicted octanol–water partition coefficient (Wildman–Crippen LogP) is 1.20. The molecule has 4 nitrogen and oxygen atoms in total. The first-order chi connectivity index (χ1) is 5.27. The summed E-state index contributed by atoms with van der Waals surface area (Å²) < 4.78 is 38.0. The summed E-state index contributed by atoms with van der Waals surface area (Å²) in [6, 6.07) is 0. The van der Waals surface area contributed by atoms with E-state index in [-0.39, 0.29) is 0 Å². The van der Waals surface area contributed by atoms with Crippen LogP contribution in [-0.4, -0.2) is 16.8 Å². The molecule has 0 aromatic rings. The van der Waals surface area contributed by atoms with E-state index in [0.717, 1.165) is 0 Å². The zero-order chi connectivity index (χ0) is 9.94. The van der Waals surface area contributed by atoms with Crippen LogP contribution >= 0.6 is 8.25 Å². The fourth-order valence-corrected chi connectivity index (χ4v) is 0.816. The second kappa shape index (κ2) is 4.07. The minimum absolute atomic E-state index is 0.943. The van der Waals surface area contributed by atoms with Gasteiger partial charge in [0.25, 0.3) is 0 Å². The van der Waals surface area contributed by atoms with Crippen molar-refractivity contribution in [2.75, 3.05) is 0 Å². The van der Waals surface area contributed by atoms with E-state index in [1.54, 1.807) is 0 Å². The molecule has 1 unspecified atom stereocenters. The average molecular weight is 202 g/mol. The molecule has 72 valence electrons. The summed E-state index contributed by atoms with van der Waals surface area (Å²) in [5, 5.41) is 0. The summed E-state index contributed by atoms with van der Waals surface area (Å²) >= 11 is 0. The summed E-state index contributed by atoms with van der Waals surface area (Å²) in [7, 11) is -3.79. The van der Waals surface area contributed by atoms with E-state index in [2.05, 4.69) is 4.52 Å². The standard InChI is InChI=1S/C5H9F2O4P/c1-3(2)4(8)5(6,7)11-12(9)10/h3,12H,1-2H3,(H,9,10). The summed E-state index contributed by atoms with van der Waals surface area (Å²) in [5.41, 5.74) is 0. The van der Waals surface area contributed by atoms with Crippen molar-refractivity contribution < 1.29 is 27.6 Å². The second-order valence-electron chi connectivity index (χ2n) is 2.40. The predicted molar refractivity (Wildman–Crippen MR) is 37.1 cm³/mol. The zero-order valence-corrected chi connectivity index (χ0v) is 7.51. The first-order valence-corrected chi connectivity index (χ1v) is 4.38. The van der Waals surface area contributed by atoms with Gasteiger partial charge in [0.05, 0.1) is 0 Å².